The van der Waals surface area contributed by atoms with Gasteiger partial charge in [0.2, 0.25) is 6.10 Å². The Hall–Kier alpha value is -4.78. The zero-order valence-electron chi connectivity index (χ0n) is 20.8. The molecule has 4 rings (SSSR count). The molecule has 38 heavy (non-hydrogen) atoms. The number of carbonyl (C=O) groups is 4. The molecule has 0 saturated carbocycles. The number of carbonyl (C=O) groups excluding carboxylic acids is 4. The first kappa shape index (κ1) is 26.3. The highest BCUT2D eigenvalue weighted by atomic mass is 16.6. The van der Waals surface area contributed by atoms with Crippen LogP contribution in [0.1, 0.15) is 17.3 Å². The number of ether oxygens (including phenoxy) is 2. The Bertz CT molecular complexity index is 1390. The third-order valence-electron chi connectivity index (χ3n) is 5.65. The summed E-state index contributed by atoms with van der Waals surface area (Å²) in [7, 11) is 3.28. The van der Waals surface area contributed by atoms with E-state index in [1.165, 1.54) is 21.9 Å². The number of rotatable bonds is 7. The lowest BCUT2D eigenvalue weighted by molar-refractivity contribution is -0.167. The second kappa shape index (κ2) is 11.1. The van der Waals surface area contributed by atoms with Crippen molar-refractivity contribution in [2.45, 2.75) is 19.1 Å². The van der Waals surface area contributed by atoms with Gasteiger partial charge in [0.25, 0.3) is 17.7 Å². The van der Waals surface area contributed by atoms with Gasteiger partial charge in [0.15, 0.2) is 11.9 Å². The number of morpholine rings is 1. The summed E-state index contributed by atoms with van der Waals surface area (Å²) in [5.41, 5.74) is 1.82. The van der Waals surface area contributed by atoms with Gasteiger partial charge in [0.05, 0.1) is 6.61 Å². The molecule has 1 fully saturated rings. The fraction of sp³-hybridized carbons (Fsp3) is 0.280. The lowest BCUT2D eigenvalue weighted by atomic mass is 10.1. The molecule has 0 bridgehead atoms. The molecule has 0 aliphatic carbocycles. The Morgan fingerprint density at radius 2 is 1.79 bits per heavy atom. The lowest BCUT2D eigenvalue weighted by Crippen LogP contribution is -2.56. The summed E-state index contributed by atoms with van der Waals surface area (Å²) in [6.45, 7) is 1.42. The Kier molecular flexibility index (Phi) is 7.67. The highest BCUT2D eigenvalue weighted by molar-refractivity contribution is 6.05. The molecule has 13 heteroatoms. The van der Waals surface area contributed by atoms with Gasteiger partial charge in [-0.05, 0) is 48.5 Å². The molecule has 2 atom stereocenters. The number of H-pyrrole nitrogens is 1. The van der Waals surface area contributed by atoms with Crippen molar-refractivity contribution in [3.05, 3.63) is 64.6 Å². The highest BCUT2D eigenvalue weighted by Crippen LogP contribution is 2.24. The molecule has 1 aliphatic heterocycles. The average molecular weight is 524 g/mol. The van der Waals surface area contributed by atoms with Gasteiger partial charge in [-0.15, -0.1) is 0 Å². The monoisotopic (exact) mass is 523 g/mol. The molecule has 2 heterocycles. The van der Waals surface area contributed by atoms with E-state index in [0.717, 1.165) is 6.92 Å². The fourth-order valence-electron chi connectivity index (χ4n) is 3.83. The van der Waals surface area contributed by atoms with Gasteiger partial charge < -0.3 is 24.6 Å². The molecule has 3 amide bonds. The van der Waals surface area contributed by atoms with Crippen molar-refractivity contribution in [1.82, 2.24) is 15.0 Å². The second-order valence-electron chi connectivity index (χ2n) is 8.57. The molecule has 2 aromatic carbocycles. The van der Waals surface area contributed by atoms with Crippen LogP contribution in [-0.4, -0.2) is 78.2 Å². The third kappa shape index (κ3) is 5.78. The molecule has 3 aromatic rings. The van der Waals surface area contributed by atoms with Gasteiger partial charge in [-0.3, -0.25) is 28.7 Å². The SMILES string of the molecule is CC(=O)O[C@@H](C(=O)Nc1ccc(-c2noc(=O)[nH]2)cc1)[C@H]1OCCN(c2ccc(C(=O)N(C)C)cc2)C1=O. The van der Waals surface area contributed by atoms with Crippen molar-refractivity contribution in [2.75, 3.05) is 37.5 Å². The van der Waals surface area contributed by atoms with Crippen LogP contribution in [-0.2, 0) is 23.9 Å². The van der Waals surface area contributed by atoms with Crippen molar-refractivity contribution in [3.63, 3.8) is 0 Å². The van der Waals surface area contributed by atoms with Crippen LogP contribution in [0.15, 0.2) is 57.8 Å². The summed E-state index contributed by atoms with van der Waals surface area (Å²) in [5.74, 6) is -2.78. The minimum absolute atomic E-state index is 0.0877. The number of nitrogens with zero attached hydrogens (tertiary/aromatic N) is 3. The number of benzene rings is 2. The summed E-state index contributed by atoms with van der Waals surface area (Å²) in [5, 5.41) is 6.20. The molecule has 1 saturated heterocycles. The van der Waals surface area contributed by atoms with Crippen LogP contribution in [0.3, 0.4) is 0 Å². The zero-order valence-corrected chi connectivity index (χ0v) is 20.8. The topological polar surface area (TPSA) is 164 Å². The van der Waals surface area contributed by atoms with Crippen molar-refractivity contribution in [3.8, 4) is 11.4 Å². The van der Waals surface area contributed by atoms with Crippen LogP contribution in [0.25, 0.3) is 11.4 Å². The zero-order chi connectivity index (χ0) is 27.4. The normalized spacial score (nSPS) is 16.0. The molecular weight excluding hydrogens is 498 g/mol. The molecule has 0 unspecified atom stereocenters. The summed E-state index contributed by atoms with van der Waals surface area (Å²) < 4.78 is 15.3. The van der Waals surface area contributed by atoms with Crippen LogP contribution >= 0.6 is 0 Å². The number of aromatic amines is 1. The molecule has 198 valence electrons. The summed E-state index contributed by atoms with van der Waals surface area (Å²) >= 11 is 0. The van der Waals surface area contributed by atoms with Crippen LogP contribution in [0.4, 0.5) is 11.4 Å². The lowest BCUT2D eigenvalue weighted by Gasteiger charge is -2.35. The second-order valence-corrected chi connectivity index (χ2v) is 8.57. The largest absolute Gasteiger partial charge is 0.449 e. The number of aromatic nitrogens is 2. The molecule has 1 aliphatic rings. The molecule has 0 radical (unpaired) electrons. The van der Waals surface area contributed by atoms with E-state index in [0.29, 0.717) is 22.5 Å². The Labute approximate surface area is 216 Å². The Balaban J connectivity index is 1.50. The van der Waals surface area contributed by atoms with E-state index in [4.69, 9.17) is 9.47 Å². The number of anilines is 2. The highest BCUT2D eigenvalue weighted by Gasteiger charge is 2.42. The van der Waals surface area contributed by atoms with E-state index in [-0.39, 0.29) is 24.9 Å². The first-order valence-corrected chi connectivity index (χ1v) is 11.5. The van der Waals surface area contributed by atoms with Crippen molar-refractivity contribution in [1.29, 1.82) is 0 Å². The van der Waals surface area contributed by atoms with E-state index in [9.17, 15) is 24.0 Å². The third-order valence-corrected chi connectivity index (χ3v) is 5.65. The molecule has 0 spiro atoms. The maximum Gasteiger partial charge on any atom is 0.439 e. The maximum absolute atomic E-state index is 13.3. The molecule has 2 N–H and O–H groups in total. The quantitative estimate of drug-likeness (QED) is 0.431. The predicted octanol–water partition coefficient (Wildman–Crippen LogP) is 1.03. The summed E-state index contributed by atoms with van der Waals surface area (Å²) in [6, 6.07) is 12.7. The smallest absolute Gasteiger partial charge is 0.439 e. The molecular formula is C25H25N5O8. The van der Waals surface area contributed by atoms with E-state index in [1.54, 1.807) is 50.5 Å². The predicted molar refractivity (Wildman–Crippen MR) is 133 cm³/mol. The number of nitrogens with one attached hydrogen (secondary N) is 2. The number of hydrogen-bond donors (Lipinski definition) is 2. The Morgan fingerprint density at radius 1 is 1.11 bits per heavy atom. The minimum Gasteiger partial charge on any atom is -0.449 e. The van der Waals surface area contributed by atoms with Gasteiger partial charge in [-0.25, -0.2) is 4.79 Å². The maximum atomic E-state index is 13.3. The number of esters is 1. The minimum atomic E-state index is -1.57. The number of amides is 3. The first-order valence-electron chi connectivity index (χ1n) is 11.5. The molecule has 1 aromatic heterocycles. The molecule has 13 nitrogen and oxygen atoms in total. The van der Waals surface area contributed by atoms with Crippen LogP contribution in [0.2, 0.25) is 0 Å². The van der Waals surface area contributed by atoms with Crippen LogP contribution in [0.5, 0.6) is 0 Å². The number of hydrogen-bond acceptors (Lipinski definition) is 9. The van der Waals surface area contributed by atoms with Gasteiger partial charge in [0.1, 0.15) is 0 Å². The standard InChI is InChI=1S/C25H25N5O8/c1-14(31)37-19(22(32)26-17-8-4-15(5-9-17)21-27-25(35)38-28-21)20-24(34)30(12-13-36-20)18-10-6-16(7-11-18)23(33)29(2)3/h4-11,19-20H,12-13H2,1-3H3,(H,26,32)(H,27,28,35)/t19-,20-/m1/s1. The Morgan fingerprint density at radius 3 is 2.37 bits per heavy atom. The van der Waals surface area contributed by atoms with Crippen molar-refractivity contribution >= 4 is 35.1 Å². The van der Waals surface area contributed by atoms with Crippen molar-refractivity contribution < 1.29 is 33.2 Å². The van der Waals surface area contributed by atoms with Gasteiger partial charge >= 0.3 is 11.7 Å². The average Bonchev–Trinajstić information content (AvgIpc) is 3.33. The van der Waals surface area contributed by atoms with Crippen LogP contribution < -0.4 is 16.0 Å². The van der Waals surface area contributed by atoms with E-state index in [1.807, 2.05) is 0 Å². The van der Waals surface area contributed by atoms with Gasteiger partial charge in [0, 0.05) is 50.1 Å². The first-order chi connectivity index (χ1) is 18.1. The van der Waals surface area contributed by atoms with E-state index >= 15 is 0 Å². The van der Waals surface area contributed by atoms with Gasteiger partial charge in [-0.1, -0.05) is 5.16 Å². The van der Waals surface area contributed by atoms with Gasteiger partial charge in [-0.2, -0.15) is 0 Å². The summed E-state index contributed by atoms with van der Waals surface area (Å²) in [4.78, 5) is 66.9. The van der Waals surface area contributed by atoms with E-state index in [2.05, 4.69) is 20.0 Å². The van der Waals surface area contributed by atoms with Crippen LogP contribution in [0, 0.1) is 0 Å². The van der Waals surface area contributed by atoms with E-state index < -0.39 is 35.7 Å². The fourth-order valence-corrected chi connectivity index (χ4v) is 3.83. The summed E-state index contributed by atoms with van der Waals surface area (Å²) in [6.07, 6.45) is -2.96. The van der Waals surface area contributed by atoms with Crippen molar-refractivity contribution in [2.24, 2.45) is 0 Å².